The molecule has 8 heteroatoms. The predicted molar refractivity (Wildman–Crippen MR) is 143 cm³/mol. The van der Waals surface area contributed by atoms with Gasteiger partial charge in [0.2, 0.25) is 5.91 Å². The Morgan fingerprint density at radius 3 is 2.20 bits per heavy atom. The van der Waals surface area contributed by atoms with Crippen LogP contribution in [-0.2, 0) is 21.2 Å². The van der Waals surface area contributed by atoms with Crippen LogP contribution in [0, 0.1) is 6.92 Å². The number of anilines is 1. The summed E-state index contributed by atoms with van der Waals surface area (Å²) in [6.07, 6.45) is 1.65. The Morgan fingerprint density at radius 1 is 0.971 bits per heavy atom. The molecule has 6 nitrogen and oxygen atoms in total. The van der Waals surface area contributed by atoms with Gasteiger partial charge in [0, 0.05) is 11.0 Å². The first kappa shape index (κ1) is 26.8. The van der Waals surface area contributed by atoms with Crippen LogP contribution in [-0.4, -0.2) is 33.5 Å². The first-order valence-corrected chi connectivity index (χ1v) is 13.8. The maximum atomic E-state index is 13.4. The van der Waals surface area contributed by atoms with E-state index in [9.17, 15) is 13.2 Å². The number of halogens is 1. The van der Waals surface area contributed by atoms with Gasteiger partial charge in [-0.2, -0.15) is 0 Å². The number of aryl methyl sites for hydroxylation is 2. The molecule has 3 rings (SSSR count). The molecule has 0 fully saturated rings. The van der Waals surface area contributed by atoms with Gasteiger partial charge in [0.1, 0.15) is 12.3 Å². The minimum Gasteiger partial charge on any atom is -0.491 e. The highest BCUT2D eigenvalue weighted by Gasteiger charge is 2.27. The van der Waals surface area contributed by atoms with Gasteiger partial charge in [-0.1, -0.05) is 45.8 Å². The molecule has 186 valence electrons. The third kappa shape index (κ3) is 7.83. The van der Waals surface area contributed by atoms with Crippen molar-refractivity contribution in [1.29, 1.82) is 0 Å². The van der Waals surface area contributed by atoms with E-state index >= 15 is 0 Å². The number of ether oxygens (including phenoxy) is 1. The minimum absolute atomic E-state index is 0.128. The molecule has 0 heterocycles. The Bertz CT molecular complexity index is 1210. The largest absolute Gasteiger partial charge is 0.491 e. The Hall–Kier alpha value is -2.84. The summed E-state index contributed by atoms with van der Waals surface area (Å²) in [4.78, 5) is 12.9. The number of sulfonamides is 1. The summed E-state index contributed by atoms with van der Waals surface area (Å²) in [6, 6.07) is 21.4. The molecular weight excluding hydrogens is 528 g/mol. The third-order valence-electron chi connectivity index (χ3n) is 5.27. The molecule has 0 saturated heterocycles. The molecular formula is C27H31BrN2O4S. The van der Waals surface area contributed by atoms with Crippen molar-refractivity contribution in [1.82, 2.24) is 5.32 Å². The summed E-state index contributed by atoms with van der Waals surface area (Å²) < 4.78 is 34.4. The topological polar surface area (TPSA) is 75.7 Å². The number of nitrogens with zero attached hydrogens (tertiary/aromatic N) is 1. The molecule has 0 unspecified atom stereocenters. The van der Waals surface area contributed by atoms with E-state index in [1.54, 1.807) is 48.5 Å². The Labute approximate surface area is 216 Å². The van der Waals surface area contributed by atoms with Crippen molar-refractivity contribution < 1.29 is 17.9 Å². The first-order chi connectivity index (χ1) is 16.6. The van der Waals surface area contributed by atoms with Gasteiger partial charge in [0.25, 0.3) is 10.0 Å². The number of hydrogen-bond donors (Lipinski definition) is 1. The first-order valence-electron chi connectivity index (χ1n) is 11.5. The van der Waals surface area contributed by atoms with Gasteiger partial charge in [-0.15, -0.1) is 0 Å². The van der Waals surface area contributed by atoms with Gasteiger partial charge < -0.3 is 10.1 Å². The number of carbonyl (C=O) groups excluding carboxylic acids is 1. The van der Waals surface area contributed by atoms with Gasteiger partial charge in [-0.25, -0.2) is 8.42 Å². The van der Waals surface area contributed by atoms with Crippen molar-refractivity contribution in [3.63, 3.8) is 0 Å². The van der Waals surface area contributed by atoms with E-state index in [1.165, 1.54) is 0 Å². The van der Waals surface area contributed by atoms with E-state index in [4.69, 9.17) is 4.74 Å². The number of rotatable bonds is 11. The molecule has 3 aromatic rings. The fourth-order valence-corrected chi connectivity index (χ4v) is 5.16. The van der Waals surface area contributed by atoms with Crippen LogP contribution in [0.2, 0.25) is 0 Å². The van der Waals surface area contributed by atoms with Gasteiger partial charge in [0.15, 0.2) is 0 Å². The molecule has 1 N–H and O–H groups in total. The molecule has 0 aliphatic heterocycles. The van der Waals surface area contributed by atoms with Crippen molar-refractivity contribution in [2.75, 3.05) is 17.4 Å². The number of nitrogens with one attached hydrogen (secondary N) is 1. The Balaban J connectivity index is 1.62. The maximum Gasteiger partial charge on any atom is 0.264 e. The summed E-state index contributed by atoms with van der Waals surface area (Å²) in [5.41, 5.74) is 2.53. The average Bonchev–Trinajstić information content (AvgIpc) is 2.82. The van der Waals surface area contributed by atoms with Crippen LogP contribution in [0.4, 0.5) is 5.69 Å². The normalized spacial score (nSPS) is 11.3. The van der Waals surface area contributed by atoms with Crippen LogP contribution < -0.4 is 14.4 Å². The van der Waals surface area contributed by atoms with E-state index in [-0.39, 0.29) is 23.5 Å². The zero-order valence-corrected chi connectivity index (χ0v) is 22.6. The van der Waals surface area contributed by atoms with Crippen molar-refractivity contribution in [2.45, 2.75) is 44.6 Å². The predicted octanol–water partition coefficient (Wildman–Crippen LogP) is 5.49. The monoisotopic (exact) mass is 558 g/mol. The average molecular weight is 560 g/mol. The van der Waals surface area contributed by atoms with Crippen LogP contribution in [0.1, 0.15) is 31.4 Å². The summed E-state index contributed by atoms with van der Waals surface area (Å²) in [7, 11) is -3.92. The second kappa shape index (κ2) is 12.2. The van der Waals surface area contributed by atoms with Gasteiger partial charge >= 0.3 is 0 Å². The fourth-order valence-electron chi connectivity index (χ4n) is 3.47. The lowest BCUT2D eigenvalue weighted by atomic mass is 10.1. The van der Waals surface area contributed by atoms with Crippen molar-refractivity contribution >= 4 is 37.5 Å². The Morgan fingerprint density at radius 2 is 1.60 bits per heavy atom. The van der Waals surface area contributed by atoms with Crippen LogP contribution in [0.25, 0.3) is 0 Å². The van der Waals surface area contributed by atoms with E-state index in [0.717, 1.165) is 38.5 Å². The molecule has 0 radical (unpaired) electrons. The molecule has 0 bridgehead atoms. The number of benzene rings is 3. The van der Waals surface area contributed by atoms with E-state index in [0.29, 0.717) is 12.2 Å². The number of carbonyl (C=O) groups is 1. The van der Waals surface area contributed by atoms with Gasteiger partial charge in [-0.05, 0) is 87.7 Å². The zero-order valence-electron chi connectivity index (χ0n) is 20.2. The third-order valence-corrected chi connectivity index (χ3v) is 7.59. The molecule has 0 aliphatic carbocycles. The standard InChI is InChI=1S/C27H31BrN2O4S/c1-20(2)34-25-14-8-22(9-15-25)5-4-18-29-27(31)19-30(24-12-10-23(28)11-13-24)35(32,33)26-16-6-21(3)7-17-26/h6-17,20H,4-5,18-19H2,1-3H3,(H,29,31). The summed E-state index contributed by atoms with van der Waals surface area (Å²) in [5, 5.41) is 2.86. The highest BCUT2D eigenvalue weighted by atomic mass is 79.9. The lowest BCUT2D eigenvalue weighted by molar-refractivity contribution is -0.119. The van der Waals surface area contributed by atoms with Crippen molar-refractivity contribution in [3.05, 3.63) is 88.4 Å². The number of hydrogen-bond acceptors (Lipinski definition) is 4. The van der Waals surface area contributed by atoms with Crippen LogP contribution in [0.15, 0.2) is 82.2 Å². The van der Waals surface area contributed by atoms with Gasteiger partial charge in [-0.3, -0.25) is 9.10 Å². The second-order valence-electron chi connectivity index (χ2n) is 8.57. The molecule has 0 aliphatic rings. The highest BCUT2D eigenvalue weighted by Crippen LogP contribution is 2.25. The smallest absolute Gasteiger partial charge is 0.264 e. The maximum absolute atomic E-state index is 13.4. The molecule has 1 amide bonds. The van der Waals surface area contributed by atoms with E-state index in [1.807, 2.05) is 45.0 Å². The second-order valence-corrected chi connectivity index (χ2v) is 11.3. The van der Waals surface area contributed by atoms with Crippen molar-refractivity contribution in [2.24, 2.45) is 0 Å². The number of amides is 1. The van der Waals surface area contributed by atoms with E-state index < -0.39 is 10.0 Å². The summed E-state index contributed by atoms with van der Waals surface area (Å²) in [6.45, 7) is 6.01. The SMILES string of the molecule is Cc1ccc(S(=O)(=O)N(CC(=O)NCCCc2ccc(OC(C)C)cc2)c2ccc(Br)cc2)cc1. The van der Waals surface area contributed by atoms with Crippen LogP contribution in [0.3, 0.4) is 0 Å². The molecule has 0 aromatic heterocycles. The quantitative estimate of drug-likeness (QED) is 0.316. The fraction of sp³-hybridized carbons (Fsp3) is 0.296. The van der Waals surface area contributed by atoms with Crippen LogP contribution in [0.5, 0.6) is 5.75 Å². The molecule has 0 saturated carbocycles. The zero-order chi connectivity index (χ0) is 25.4. The molecule has 35 heavy (non-hydrogen) atoms. The lowest BCUT2D eigenvalue weighted by Gasteiger charge is -2.24. The summed E-state index contributed by atoms with van der Waals surface area (Å²) in [5.74, 6) is 0.476. The molecule has 3 aromatic carbocycles. The molecule has 0 spiro atoms. The molecule has 0 atom stereocenters. The van der Waals surface area contributed by atoms with E-state index in [2.05, 4.69) is 21.2 Å². The highest BCUT2D eigenvalue weighted by molar-refractivity contribution is 9.10. The lowest BCUT2D eigenvalue weighted by Crippen LogP contribution is -2.41. The Kier molecular flexibility index (Phi) is 9.34. The van der Waals surface area contributed by atoms with Crippen LogP contribution >= 0.6 is 15.9 Å². The van der Waals surface area contributed by atoms with Crippen molar-refractivity contribution in [3.8, 4) is 5.75 Å². The minimum atomic E-state index is -3.92. The summed E-state index contributed by atoms with van der Waals surface area (Å²) >= 11 is 3.37. The van der Waals surface area contributed by atoms with Gasteiger partial charge in [0.05, 0.1) is 16.7 Å².